The summed E-state index contributed by atoms with van der Waals surface area (Å²) in [6, 6.07) is 77.7. The summed E-state index contributed by atoms with van der Waals surface area (Å²) in [6.07, 6.45) is 3.75. The Bertz CT molecular complexity index is 2600. The first kappa shape index (κ1) is 35.3. The highest BCUT2D eigenvalue weighted by Gasteiger charge is 2.45. The minimum Gasteiger partial charge on any atom is -0.360 e. The van der Waals surface area contributed by atoms with Gasteiger partial charge in [0.1, 0.15) is 11.6 Å². The highest BCUT2D eigenvalue weighted by Crippen LogP contribution is 2.47. The van der Waals surface area contributed by atoms with E-state index in [1.165, 1.54) is 11.1 Å². The number of fused-ring (bicyclic) bond motifs is 2. The van der Waals surface area contributed by atoms with Crippen LogP contribution in [0.2, 0.25) is 0 Å². The van der Waals surface area contributed by atoms with Gasteiger partial charge in [-0.25, -0.2) is 9.97 Å². The van der Waals surface area contributed by atoms with E-state index in [0.717, 1.165) is 67.8 Å². The molecule has 0 amide bonds. The van der Waals surface area contributed by atoms with Gasteiger partial charge < -0.3 is 19.2 Å². The average Bonchev–Trinajstić information content (AvgIpc) is 3.87. The van der Waals surface area contributed by atoms with E-state index in [2.05, 4.69) is 226 Å². The zero-order valence-electron chi connectivity index (χ0n) is 32.8. The standard InChI is InChI=1S/C52H38B2N6/c1-3-23-43(24-4-1)57-47-29-9-11-31-49(47)59(51-33-13-15-35-55-51)53(57)41-21-17-19-39(37-41)45-27-7-8-28-46(45)40-20-18-22-42(38-40)54-58(44-25-5-2-6-26-44)48-30-10-12-32-50(48)60(54)52-34-14-16-36-56-52/h1-38H. The van der Waals surface area contributed by atoms with Gasteiger partial charge in [-0.1, -0.05) is 146 Å². The SMILES string of the molecule is c1ccc(N2B(c3cccc(-c4ccccc4-c4cccc(B5N(c6ccccc6)c6ccccc6N5c5ccccn5)c4)c3)N(c3ccccn3)c3ccccc32)cc1. The second-order valence-electron chi connectivity index (χ2n) is 15.0. The molecule has 2 aliphatic heterocycles. The van der Waals surface area contributed by atoms with Crippen molar-refractivity contribution in [3.63, 3.8) is 0 Å². The summed E-state index contributed by atoms with van der Waals surface area (Å²) in [5.41, 5.74) is 13.7. The predicted molar refractivity (Wildman–Crippen MR) is 251 cm³/mol. The molecule has 0 aliphatic carbocycles. The molecule has 9 aromatic rings. The summed E-state index contributed by atoms with van der Waals surface area (Å²) < 4.78 is 0. The summed E-state index contributed by atoms with van der Waals surface area (Å²) >= 11 is 0. The van der Waals surface area contributed by atoms with Crippen molar-refractivity contribution in [2.75, 3.05) is 19.2 Å². The maximum absolute atomic E-state index is 4.89. The van der Waals surface area contributed by atoms with Crippen LogP contribution in [-0.2, 0) is 0 Å². The van der Waals surface area contributed by atoms with Crippen molar-refractivity contribution in [2.24, 2.45) is 0 Å². The number of nitrogens with zero attached hydrogens (tertiary/aromatic N) is 6. The molecule has 0 radical (unpaired) electrons. The molecule has 60 heavy (non-hydrogen) atoms. The molecule has 0 atom stereocenters. The molecule has 11 rings (SSSR count). The van der Waals surface area contributed by atoms with Gasteiger partial charge in [0.15, 0.2) is 0 Å². The monoisotopic (exact) mass is 768 g/mol. The van der Waals surface area contributed by atoms with E-state index in [1.807, 2.05) is 24.5 Å². The molecule has 8 heteroatoms. The van der Waals surface area contributed by atoms with Gasteiger partial charge >= 0.3 is 14.0 Å². The van der Waals surface area contributed by atoms with E-state index >= 15 is 0 Å². The van der Waals surface area contributed by atoms with Crippen molar-refractivity contribution in [3.8, 4) is 22.3 Å². The number of hydrogen-bond acceptors (Lipinski definition) is 6. The van der Waals surface area contributed by atoms with Gasteiger partial charge in [-0.2, -0.15) is 0 Å². The zero-order valence-corrected chi connectivity index (χ0v) is 32.8. The van der Waals surface area contributed by atoms with Crippen molar-refractivity contribution in [2.45, 2.75) is 0 Å². The topological polar surface area (TPSA) is 38.7 Å². The first-order valence-electron chi connectivity index (χ1n) is 20.4. The fourth-order valence-corrected chi connectivity index (χ4v) is 9.05. The van der Waals surface area contributed by atoms with E-state index in [4.69, 9.17) is 9.97 Å². The van der Waals surface area contributed by atoms with Gasteiger partial charge in [0.2, 0.25) is 0 Å². The van der Waals surface area contributed by atoms with E-state index in [1.54, 1.807) is 0 Å². The van der Waals surface area contributed by atoms with Crippen molar-refractivity contribution in [3.05, 3.63) is 231 Å². The summed E-state index contributed by atoms with van der Waals surface area (Å²) in [5, 5.41) is 0. The summed E-state index contributed by atoms with van der Waals surface area (Å²) in [7, 11) is 0. The number of pyridine rings is 2. The van der Waals surface area contributed by atoms with Gasteiger partial charge in [-0.05, 0) is 106 Å². The van der Waals surface area contributed by atoms with Crippen molar-refractivity contribution in [1.82, 2.24) is 9.97 Å². The van der Waals surface area contributed by atoms with Crippen LogP contribution in [0.15, 0.2) is 231 Å². The van der Waals surface area contributed by atoms with Crippen molar-refractivity contribution < 1.29 is 0 Å². The Morgan fingerprint density at radius 1 is 0.300 bits per heavy atom. The third-order valence-corrected chi connectivity index (χ3v) is 11.6. The lowest BCUT2D eigenvalue weighted by molar-refractivity contribution is 1.24. The molecule has 6 nitrogen and oxygen atoms in total. The molecular formula is C52H38B2N6. The van der Waals surface area contributed by atoms with Crippen LogP contribution in [0.1, 0.15) is 0 Å². The van der Waals surface area contributed by atoms with E-state index < -0.39 is 0 Å². The van der Waals surface area contributed by atoms with Gasteiger partial charge in [0.25, 0.3) is 0 Å². The van der Waals surface area contributed by atoms with Crippen LogP contribution in [0.4, 0.5) is 45.8 Å². The molecule has 0 N–H and O–H groups in total. The lowest BCUT2D eigenvalue weighted by Crippen LogP contribution is -2.53. The lowest BCUT2D eigenvalue weighted by atomic mass is 9.63. The molecule has 7 aromatic carbocycles. The molecule has 0 fully saturated rings. The van der Waals surface area contributed by atoms with Crippen LogP contribution < -0.4 is 30.2 Å². The maximum atomic E-state index is 4.89. The van der Waals surface area contributed by atoms with Gasteiger partial charge in [0.05, 0.1) is 22.7 Å². The summed E-state index contributed by atoms with van der Waals surface area (Å²) in [5.74, 6) is 1.80. The molecule has 0 unspecified atom stereocenters. The Morgan fingerprint density at radius 3 is 1.07 bits per heavy atom. The van der Waals surface area contributed by atoms with Gasteiger partial charge in [-0.15, -0.1) is 0 Å². The van der Waals surface area contributed by atoms with Crippen LogP contribution in [0.3, 0.4) is 0 Å². The molecule has 0 spiro atoms. The normalized spacial score (nSPS) is 13.1. The smallest absolute Gasteiger partial charge is 0.360 e. The third-order valence-electron chi connectivity index (χ3n) is 11.6. The Kier molecular flexibility index (Phi) is 8.93. The Labute approximate surface area is 351 Å². The van der Waals surface area contributed by atoms with Crippen molar-refractivity contribution >= 4 is 70.7 Å². The predicted octanol–water partition coefficient (Wildman–Crippen LogP) is 11.2. The molecule has 282 valence electrons. The summed E-state index contributed by atoms with van der Waals surface area (Å²) in [6.45, 7) is -0.360. The number of rotatable bonds is 8. The fourth-order valence-electron chi connectivity index (χ4n) is 9.05. The highest BCUT2D eigenvalue weighted by atomic mass is 15.3. The molecule has 0 saturated heterocycles. The third kappa shape index (κ3) is 6.09. The fraction of sp³-hybridized carbons (Fsp3) is 0. The molecular weight excluding hydrogens is 730 g/mol. The Balaban J connectivity index is 1.03. The molecule has 0 saturated carbocycles. The molecule has 2 aliphatic rings. The molecule has 4 heterocycles. The molecule has 0 bridgehead atoms. The van der Waals surface area contributed by atoms with E-state index in [9.17, 15) is 0 Å². The number of benzene rings is 7. The number of hydrogen-bond donors (Lipinski definition) is 0. The van der Waals surface area contributed by atoms with Gasteiger partial charge in [-0.3, -0.25) is 0 Å². The second kappa shape index (κ2) is 15.2. The minimum atomic E-state index is -0.180. The first-order valence-corrected chi connectivity index (χ1v) is 20.4. The van der Waals surface area contributed by atoms with E-state index in [0.29, 0.717) is 0 Å². The summed E-state index contributed by atoms with van der Waals surface area (Å²) in [4.78, 5) is 19.4. The number of anilines is 8. The highest BCUT2D eigenvalue weighted by molar-refractivity contribution is 6.85. The van der Waals surface area contributed by atoms with E-state index in [-0.39, 0.29) is 14.0 Å². The largest absolute Gasteiger partial charge is 0.421 e. The molecule has 2 aromatic heterocycles. The van der Waals surface area contributed by atoms with Crippen molar-refractivity contribution in [1.29, 1.82) is 0 Å². The van der Waals surface area contributed by atoms with Crippen LogP contribution in [0.5, 0.6) is 0 Å². The zero-order chi connectivity index (χ0) is 39.8. The maximum Gasteiger partial charge on any atom is 0.421 e. The second-order valence-corrected chi connectivity index (χ2v) is 15.0. The van der Waals surface area contributed by atoms with Crippen LogP contribution in [-0.4, -0.2) is 23.9 Å². The lowest BCUT2D eigenvalue weighted by Gasteiger charge is -2.30. The first-order chi connectivity index (χ1) is 29.8. The van der Waals surface area contributed by atoms with Gasteiger partial charge in [0, 0.05) is 23.8 Å². The quantitative estimate of drug-likeness (QED) is 0.143. The number of para-hydroxylation sites is 6. The Morgan fingerprint density at radius 2 is 0.667 bits per heavy atom. The van der Waals surface area contributed by atoms with Crippen LogP contribution in [0, 0.1) is 0 Å². The number of aromatic nitrogens is 2. The van der Waals surface area contributed by atoms with Crippen LogP contribution in [0.25, 0.3) is 22.3 Å². The Hall–Kier alpha value is -7.83. The average molecular weight is 769 g/mol. The minimum absolute atomic E-state index is 0.180. The van der Waals surface area contributed by atoms with Crippen LogP contribution >= 0.6 is 0 Å².